The Bertz CT molecular complexity index is 463. The van der Waals surface area contributed by atoms with Gasteiger partial charge in [0.2, 0.25) is 0 Å². The molecule has 1 aromatic rings. The van der Waals surface area contributed by atoms with Crippen LogP contribution in [0.3, 0.4) is 0 Å². The zero-order chi connectivity index (χ0) is 14.3. The molecule has 0 atom stereocenters. The van der Waals surface area contributed by atoms with Gasteiger partial charge < -0.3 is 19.9 Å². The van der Waals surface area contributed by atoms with Crippen LogP contribution in [0.2, 0.25) is 0 Å². The van der Waals surface area contributed by atoms with Crippen LogP contribution in [0.5, 0.6) is 5.75 Å². The van der Waals surface area contributed by atoms with E-state index in [1.807, 2.05) is 0 Å². The van der Waals surface area contributed by atoms with E-state index in [9.17, 15) is 14.0 Å². The smallest absolute Gasteiger partial charge is 0.329 e. The Morgan fingerprint density at radius 1 is 1.42 bits per heavy atom. The number of amides is 1. The Labute approximate surface area is 109 Å². The highest BCUT2D eigenvalue weighted by Crippen LogP contribution is 2.17. The normalized spacial score (nSPS) is 10.0. The van der Waals surface area contributed by atoms with Crippen LogP contribution in [-0.2, 0) is 9.53 Å². The van der Waals surface area contributed by atoms with Crippen molar-refractivity contribution in [3.63, 3.8) is 0 Å². The molecule has 1 amide bonds. The number of halogens is 1. The maximum Gasteiger partial charge on any atom is 0.329 e. The van der Waals surface area contributed by atoms with Crippen molar-refractivity contribution in [2.45, 2.75) is 0 Å². The van der Waals surface area contributed by atoms with Crippen molar-refractivity contribution in [1.82, 2.24) is 5.32 Å². The summed E-state index contributed by atoms with van der Waals surface area (Å²) in [6.07, 6.45) is 0. The number of rotatable bonds is 7. The minimum Gasteiger partial charge on any atom is -0.494 e. The second kappa shape index (κ2) is 7.32. The molecule has 1 rings (SSSR count). The number of ether oxygens (including phenoxy) is 2. The molecule has 0 aliphatic carbocycles. The molecule has 0 saturated carbocycles. The van der Waals surface area contributed by atoms with E-state index < -0.39 is 24.3 Å². The van der Waals surface area contributed by atoms with Crippen molar-refractivity contribution in [3.8, 4) is 5.75 Å². The quantitative estimate of drug-likeness (QED) is 0.712. The number of hydrogen-bond donors (Lipinski definition) is 2. The summed E-state index contributed by atoms with van der Waals surface area (Å²) in [5.74, 6) is -2.06. The first-order valence-corrected chi connectivity index (χ1v) is 5.46. The van der Waals surface area contributed by atoms with Crippen molar-refractivity contribution in [2.75, 3.05) is 26.9 Å². The molecule has 19 heavy (non-hydrogen) atoms. The minimum atomic E-state index is -1.07. The van der Waals surface area contributed by atoms with Crippen LogP contribution < -0.4 is 10.1 Å². The maximum atomic E-state index is 13.1. The summed E-state index contributed by atoms with van der Waals surface area (Å²) in [5.41, 5.74) is 0.247. The first-order chi connectivity index (χ1) is 9.04. The molecule has 7 heteroatoms. The van der Waals surface area contributed by atoms with Gasteiger partial charge in [0.05, 0.1) is 13.7 Å². The van der Waals surface area contributed by atoms with Gasteiger partial charge in [-0.3, -0.25) is 4.79 Å². The first-order valence-electron chi connectivity index (χ1n) is 5.46. The van der Waals surface area contributed by atoms with E-state index in [-0.39, 0.29) is 24.5 Å². The number of aliphatic carboxylic acids is 1. The van der Waals surface area contributed by atoms with Crippen LogP contribution in [-0.4, -0.2) is 43.9 Å². The van der Waals surface area contributed by atoms with Crippen molar-refractivity contribution in [2.24, 2.45) is 0 Å². The van der Waals surface area contributed by atoms with Crippen LogP contribution in [0.4, 0.5) is 4.39 Å². The Balaban J connectivity index is 2.43. The average molecular weight is 271 g/mol. The number of hydrogen-bond acceptors (Lipinski definition) is 4. The van der Waals surface area contributed by atoms with Gasteiger partial charge in [-0.25, -0.2) is 9.18 Å². The van der Waals surface area contributed by atoms with E-state index in [1.165, 1.54) is 19.2 Å². The Morgan fingerprint density at radius 3 is 2.79 bits per heavy atom. The summed E-state index contributed by atoms with van der Waals surface area (Å²) in [5, 5.41) is 10.8. The molecule has 0 spiro atoms. The third-order valence-electron chi connectivity index (χ3n) is 2.17. The Kier molecular flexibility index (Phi) is 5.74. The van der Waals surface area contributed by atoms with Crippen molar-refractivity contribution < 1.29 is 28.6 Å². The number of carbonyl (C=O) groups is 2. The highest BCUT2D eigenvalue weighted by atomic mass is 19.1. The van der Waals surface area contributed by atoms with Gasteiger partial charge >= 0.3 is 5.97 Å². The number of benzene rings is 1. The molecule has 0 aliphatic heterocycles. The largest absolute Gasteiger partial charge is 0.494 e. The van der Waals surface area contributed by atoms with E-state index in [0.29, 0.717) is 0 Å². The van der Waals surface area contributed by atoms with E-state index in [1.54, 1.807) is 0 Å². The van der Waals surface area contributed by atoms with Gasteiger partial charge in [0.25, 0.3) is 5.91 Å². The van der Waals surface area contributed by atoms with Crippen molar-refractivity contribution in [1.29, 1.82) is 0 Å². The lowest BCUT2D eigenvalue weighted by molar-refractivity contribution is -0.142. The van der Waals surface area contributed by atoms with Gasteiger partial charge in [0.15, 0.2) is 11.6 Å². The van der Waals surface area contributed by atoms with Crippen LogP contribution >= 0.6 is 0 Å². The fourth-order valence-electron chi connectivity index (χ4n) is 1.30. The van der Waals surface area contributed by atoms with Gasteiger partial charge in [-0.05, 0) is 18.2 Å². The predicted octanol–water partition coefficient (Wildman–Crippen LogP) is 0.665. The fraction of sp³-hybridized carbons (Fsp3) is 0.333. The van der Waals surface area contributed by atoms with Gasteiger partial charge in [-0.2, -0.15) is 0 Å². The monoisotopic (exact) mass is 271 g/mol. The summed E-state index contributed by atoms with van der Waals surface area (Å²) in [7, 11) is 1.31. The summed E-state index contributed by atoms with van der Waals surface area (Å²) in [6.45, 7) is -0.178. The lowest BCUT2D eigenvalue weighted by atomic mass is 10.2. The van der Waals surface area contributed by atoms with Gasteiger partial charge in [-0.1, -0.05) is 0 Å². The van der Waals surface area contributed by atoms with E-state index in [0.717, 1.165) is 6.07 Å². The van der Waals surface area contributed by atoms with Crippen LogP contribution in [0.1, 0.15) is 10.4 Å². The second-order valence-electron chi connectivity index (χ2n) is 3.55. The Morgan fingerprint density at radius 2 is 2.16 bits per heavy atom. The van der Waals surface area contributed by atoms with Gasteiger partial charge in [0.1, 0.15) is 6.61 Å². The average Bonchev–Trinajstić information content (AvgIpc) is 2.38. The summed E-state index contributed by atoms with van der Waals surface area (Å²) >= 11 is 0. The van der Waals surface area contributed by atoms with Crippen LogP contribution in [0.15, 0.2) is 18.2 Å². The highest BCUT2D eigenvalue weighted by molar-refractivity contribution is 5.94. The zero-order valence-electron chi connectivity index (χ0n) is 10.3. The molecular formula is C12H14FNO5. The molecule has 6 nitrogen and oxygen atoms in total. The van der Waals surface area contributed by atoms with E-state index in [2.05, 4.69) is 5.32 Å². The van der Waals surface area contributed by atoms with E-state index in [4.69, 9.17) is 14.6 Å². The number of nitrogens with one attached hydrogen (secondary N) is 1. The molecule has 2 N–H and O–H groups in total. The predicted molar refractivity (Wildman–Crippen MR) is 63.7 cm³/mol. The van der Waals surface area contributed by atoms with Crippen molar-refractivity contribution >= 4 is 11.9 Å². The molecule has 0 heterocycles. The summed E-state index contributed by atoms with van der Waals surface area (Å²) < 4.78 is 22.6. The standard InChI is InChI=1S/C12H14FNO5/c1-18-10-6-8(2-3-9(10)13)12(17)14-4-5-19-7-11(15)16/h2-3,6H,4-5,7H2,1H3,(H,14,17)(H,15,16). The number of carboxylic acid groups (broad SMARTS) is 1. The molecular weight excluding hydrogens is 257 g/mol. The molecule has 0 bridgehead atoms. The van der Waals surface area contributed by atoms with Crippen LogP contribution in [0.25, 0.3) is 0 Å². The van der Waals surface area contributed by atoms with Crippen molar-refractivity contribution in [3.05, 3.63) is 29.6 Å². The number of methoxy groups -OCH3 is 1. The first kappa shape index (κ1) is 14.9. The number of carboxylic acids is 1. The van der Waals surface area contributed by atoms with E-state index >= 15 is 0 Å². The molecule has 0 aliphatic rings. The number of carbonyl (C=O) groups excluding carboxylic acids is 1. The van der Waals surface area contributed by atoms with Crippen LogP contribution in [0, 0.1) is 5.82 Å². The maximum absolute atomic E-state index is 13.1. The van der Waals surface area contributed by atoms with Gasteiger partial charge in [0, 0.05) is 12.1 Å². The lowest BCUT2D eigenvalue weighted by Gasteiger charge is -2.07. The summed E-state index contributed by atoms with van der Waals surface area (Å²) in [4.78, 5) is 21.8. The molecule has 0 fully saturated rings. The lowest BCUT2D eigenvalue weighted by Crippen LogP contribution is -2.28. The fourth-order valence-corrected chi connectivity index (χ4v) is 1.30. The molecule has 0 radical (unpaired) electrons. The van der Waals surface area contributed by atoms with Gasteiger partial charge in [-0.15, -0.1) is 0 Å². The zero-order valence-corrected chi connectivity index (χ0v) is 10.3. The third-order valence-corrected chi connectivity index (χ3v) is 2.17. The SMILES string of the molecule is COc1cc(C(=O)NCCOCC(=O)O)ccc1F. The molecule has 0 unspecified atom stereocenters. The Hall–Kier alpha value is -2.15. The summed E-state index contributed by atoms with van der Waals surface area (Å²) in [6, 6.07) is 3.74. The molecule has 104 valence electrons. The molecule has 1 aromatic carbocycles. The second-order valence-corrected chi connectivity index (χ2v) is 3.55. The topological polar surface area (TPSA) is 84.9 Å². The molecule has 0 saturated heterocycles. The highest BCUT2D eigenvalue weighted by Gasteiger charge is 2.09. The minimum absolute atomic E-state index is 0.0187. The third kappa shape index (κ3) is 4.92. The molecule has 0 aromatic heterocycles.